The summed E-state index contributed by atoms with van der Waals surface area (Å²) in [5.41, 5.74) is 3.67. The zero-order valence-electron chi connectivity index (χ0n) is 20.4. The van der Waals surface area contributed by atoms with Gasteiger partial charge in [-0.3, -0.25) is 9.59 Å². The molecule has 0 fully saturated rings. The Hall–Kier alpha value is -3.10. The zero-order valence-corrected chi connectivity index (χ0v) is 23.6. The number of aryl methyl sites for hydroxylation is 1. The average molecular weight is 583 g/mol. The van der Waals surface area contributed by atoms with Crippen molar-refractivity contribution in [1.29, 1.82) is 0 Å². The van der Waals surface area contributed by atoms with Gasteiger partial charge in [-0.25, -0.2) is 4.79 Å². The molecule has 0 bridgehead atoms. The predicted molar refractivity (Wildman–Crippen MR) is 155 cm³/mol. The van der Waals surface area contributed by atoms with Crippen LogP contribution in [0.2, 0.25) is 10.0 Å². The number of Topliss-reactive ketones (excluding diaryl/α,β-unsaturated/α-hetero) is 1. The van der Waals surface area contributed by atoms with Crippen molar-refractivity contribution in [2.24, 2.45) is 0 Å². The lowest BCUT2D eigenvalue weighted by molar-refractivity contribution is 0.0530. The van der Waals surface area contributed by atoms with Crippen LogP contribution in [0, 0.1) is 6.92 Å². The van der Waals surface area contributed by atoms with Gasteiger partial charge in [0.1, 0.15) is 0 Å². The lowest BCUT2D eigenvalue weighted by atomic mass is 10.1. The fraction of sp³-hybridized carbons (Fsp3) is 0.138. The number of benzene rings is 2. The van der Waals surface area contributed by atoms with Crippen LogP contribution >= 0.6 is 46.3 Å². The first kappa shape index (κ1) is 26.5. The molecule has 5 nitrogen and oxygen atoms in total. The highest BCUT2D eigenvalue weighted by atomic mass is 35.5. The average Bonchev–Trinajstić information content (AvgIpc) is 3.43. The monoisotopic (exact) mass is 581 g/mol. The van der Waals surface area contributed by atoms with Crippen LogP contribution in [0.25, 0.3) is 16.4 Å². The van der Waals surface area contributed by atoms with Crippen molar-refractivity contribution in [3.8, 4) is 0 Å². The van der Waals surface area contributed by atoms with Crippen molar-refractivity contribution < 1.29 is 19.1 Å². The molecule has 0 unspecified atom stereocenters. The molecule has 0 N–H and O–H groups in total. The summed E-state index contributed by atoms with van der Waals surface area (Å²) >= 11 is 14.6. The number of fused-ring (bicyclic) bond motifs is 3. The van der Waals surface area contributed by atoms with Crippen LogP contribution in [-0.4, -0.2) is 34.3 Å². The Bertz CT molecular complexity index is 1700. The number of thiophene rings is 1. The van der Waals surface area contributed by atoms with Gasteiger partial charge < -0.3 is 9.14 Å². The highest BCUT2D eigenvalue weighted by Gasteiger charge is 2.30. The minimum absolute atomic E-state index is 0.0684. The summed E-state index contributed by atoms with van der Waals surface area (Å²) in [7, 11) is 0. The van der Waals surface area contributed by atoms with Crippen LogP contribution in [0.1, 0.15) is 48.4 Å². The molecule has 38 heavy (non-hydrogen) atoms. The number of aromatic nitrogens is 1. The number of carbonyl (C=O) groups is 3. The van der Waals surface area contributed by atoms with Gasteiger partial charge in [-0.2, -0.15) is 0 Å². The van der Waals surface area contributed by atoms with E-state index in [2.05, 4.69) is 0 Å². The Kier molecular flexibility index (Phi) is 7.63. The Morgan fingerprint density at radius 2 is 1.58 bits per heavy atom. The van der Waals surface area contributed by atoms with Crippen LogP contribution < -0.4 is 0 Å². The number of hydrogen-bond donors (Lipinski definition) is 0. The molecule has 3 aromatic heterocycles. The van der Waals surface area contributed by atoms with Gasteiger partial charge in [0.25, 0.3) is 0 Å². The summed E-state index contributed by atoms with van der Waals surface area (Å²) in [6.07, 6.45) is 1.88. The van der Waals surface area contributed by atoms with Crippen molar-refractivity contribution in [3.63, 3.8) is 0 Å². The SMILES string of the molecule is CCOC(=O)c1c2c(C(=O)c3ccc(Cl)cc3)sc(SCC(=O)c3ccc(Cl)cc3)c2n2ccc(C)cc12. The Balaban J connectivity index is 1.69. The largest absolute Gasteiger partial charge is 0.462 e. The summed E-state index contributed by atoms with van der Waals surface area (Å²) in [6, 6.07) is 17.2. The van der Waals surface area contributed by atoms with E-state index in [1.54, 1.807) is 55.5 Å². The zero-order chi connectivity index (χ0) is 27.0. The van der Waals surface area contributed by atoms with Crippen molar-refractivity contribution >= 4 is 80.3 Å². The van der Waals surface area contributed by atoms with Crippen molar-refractivity contribution in [2.75, 3.05) is 12.4 Å². The number of carbonyl (C=O) groups excluding carboxylic acids is 3. The molecular formula is C29H21Cl2NO4S2. The lowest BCUT2D eigenvalue weighted by Crippen LogP contribution is -2.06. The second-order valence-corrected chi connectivity index (χ2v) is 11.7. The van der Waals surface area contributed by atoms with E-state index in [0.29, 0.717) is 48.0 Å². The first-order valence-electron chi connectivity index (χ1n) is 11.7. The molecule has 0 aliphatic rings. The van der Waals surface area contributed by atoms with Crippen LogP contribution in [0.3, 0.4) is 0 Å². The summed E-state index contributed by atoms with van der Waals surface area (Å²) in [5.74, 6) is -0.645. The van der Waals surface area contributed by atoms with Crippen LogP contribution in [-0.2, 0) is 4.74 Å². The normalized spacial score (nSPS) is 11.3. The highest BCUT2D eigenvalue weighted by molar-refractivity contribution is 8.02. The van der Waals surface area contributed by atoms with Gasteiger partial charge in [0.15, 0.2) is 5.78 Å². The van der Waals surface area contributed by atoms with E-state index >= 15 is 0 Å². The number of nitrogens with zero attached hydrogens (tertiary/aromatic N) is 1. The van der Waals surface area contributed by atoms with Crippen LogP contribution in [0.15, 0.2) is 71.1 Å². The summed E-state index contributed by atoms with van der Waals surface area (Å²) in [4.78, 5) is 40.4. The topological polar surface area (TPSA) is 64.9 Å². The molecule has 3 heterocycles. The van der Waals surface area contributed by atoms with E-state index < -0.39 is 5.97 Å². The van der Waals surface area contributed by atoms with Gasteiger partial charge in [-0.1, -0.05) is 23.2 Å². The fourth-order valence-electron chi connectivity index (χ4n) is 4.22. The number of ether oxygens (including phenoxy) is 1. The quantitative estimate of drug-likeness (QED) is 0.105. The molecule has 2 aromatic carbocycles. The molecular weight excluding hydrogens is 561 g/mol. The second kappa shape index (κ2) is 10.9. The maximum Gasteiger partial charge on any atom is 0.341 e. The van der Waals surface area contributed by atoms with E-state index in [1.165, 1.54) is 23.1 Å². The Morgan fingerprint density at radius 3 is 2.21 bits per heavy atom. The molecule has 192 valence electrons. The van der Waals surface area contributed by atoms with Crippen molar-refractivity contribution in [1.82, 2.24) is 4.40 Å². The molecule has 0 saturated heterocycles. The number of halogens is 2. The van der Waals surface area contributed by atoms with Gasteiger partial charge >= 0.3 is 5.97 Å². The van der Waals surface area contributed by atoms with E-state index in [-0.39, 0.29) is 23.9 Å². The lowest BCUT2D eigenvalue weighted by Gasteiger charge is -2.05. The Labute approximate surface area is 237 Å². The van der Waals surface area contributed by atoms with Gasteiger partial charge in [-0.15, -0.1) is 23.1 Å². The van der Waals surface area contributed by atoms with Crippen LogP contribution in [0.4, 0.5) is 0 Å². The molecule has 0 saturated carbocycles. The molecule has 0 amide bonds. The number of rotatable bonds is 8. The number of esters is 1. The smallest absolute Gasteiger partial charge is 0.341 e. The maximum absolute atomic E-state index is 13.8. The third kappa shape index (κ3) is 4.99. The number of hydrogen-bond acceptors (Lipinski definition) is 6. The summed E-state index contributed by atoms with van der Waals surface area (Å²) < 4.78 is 8.09. The number of ketones is 2. The van der Waals surface area contributed by atoms with E-state index in [9.17, 15) is 14.4 Å². The fourth-order valence-corrected chi connectivity index (χ4v) is 6.90. The highest BCUT2D eigenvalue weighted by Crippen LogP contribution is 2.44. The molecule has 0 atom stereocenters. The molecule has 0 spiro atoms. The standard InChI is InChI=1S/C29H21Cl2NO4S2/c1-3-36-28(35)23-21-14-16(2)12-13-32(21)25-24(23)27(26(34)18-6-10-20(31)11-7-18)38-29(25)37-15-22(33)17-4-8-19(30)9-5-17/h4-14H,3,15H2,1-2H3. The third-order valence-electron chi connectivity index (χ3n) is 6.00. The predicted octanol–water partition coefficient (Wildman–Crippen LogP) is 8.15. The second-order valence-electron chi connectivity index (χ2n) is 8.55. The summed E-state index contributed by atoms with van der Waals surface area (Å²) in [5, 5.41) is 1.61. The van der Waals surface area contributed by atoms with Gasteiger partial charge in [0, 0.05) is 32.8 Å². The molecule has 0 radical (unpaired) electrons. The first-order chi connectivity index (χ1) is 18.3. The minimum Gasteiger partial charge on any atom is -0.462 e. The van der Waals surface area contributed by atoms with E-state index in [1.807, 2.05) is 29.7 Å². The molecule has 9 heteroatoms. The molecule has 5 rings (SSSR count). The summed E-state index contributed by atoms with van der Waals surface area (Å²) in [6.45, 7) is 3.89. The van der Waals surface area contributed by atoms with Crippen LogP contribution in [0.5, 0.6) is 0 Å². The number of thioether (sulfide) groups is 1. The van der Waals surface area contributed by atoms with Gasteiger partial charge in [-0.05, 0) is 80.1 Å². The van der Waals surface area contributed by atoms with Gasteiger partial charge in [0.05, 0.1) is 38.0 Å². The molecule has 0 aliphatic heterocycles. The molecule has 5 aromatic rings. The van der Waals surface area contributed by atoms with Crippen molar-refractivity contribution in [2.45, 2.75) is 18.1 Å². The van der Waals surface area contributed by atoms with Crippen molar-refractivity contribution in [3.05, 3.63) is 104 Å². The van der Waals surface area contributed by atoms with E-state index in [4.69, 9.17) is 27.9 Å². The third-order valence-corrected chi connectivity index (χ3v) is 8.94. The number of pyridine rings is 1. The molecule has 0 aliphatic carbocycles. The van der Waals surface area contributed by atoms with E-state index in [0.717, 1.165) is 9.77 Å². The Morgan fingerprint density at radius 1 is 0.947 bits per heavy atom. The van der Waals surface area contributed by atoms with Gasteiger partial charge in [0.2, 0.25) is 5.78 Å². The maximum atomic E-state index is 13.8. The minimum atomic E-state index is -0.498. The first-order valence-corrected chi connectivity index (χ1v) is 14.3.